The van der Waals surface area contributed by atoms with Crippen molar-refractivity contribution < 1.29 is 5.11 Å². The van der Waals surface area contributed by atoms with E-state index in [1.165, 1.54) is 5.56 Å². The second kappa shape index (κ2) is 9.11. The largest absolute Gasteiger partial charge is 0.508 e. The molecular weight excluding hydrogens is 372 g/mol. The van der Waals surface area contributed by atoms with E-state index in [1.54, 1.807) is 6.07 Å². The maximum atomic E-state index is 10.1. The summed E-state index contributed by atoms with van der Waals surface area (Å²) >= 11 is 0. The molecule has 0 amide bonds. The molecule has 0 spiro atoms. The Morgan fingerprint density at radius 3 is 2.20 bits per heavy atom. The number of nitrogen functional groups attached to an aromatic ring is 1. The molecule has 1 heterocycles. The van der Waals surface area contributed by atoms with Gasteiger partial charge in [-0.15, -0.1) is 0 Å². The molecule has 5 nitrogen and oxygen atoms in total. The molecular formula is C25H28N4O. The van der Waals surface area contributed by atoms with Gasteiger partial charge in [-0.3, -0.25) is 15.2 Å². The van der Waals surface area contributed by atoms with E-state index < -0.39 is 0 Å². The highest BCUT2D eigenvalue weighted by Gasteiger charge is 2.26. The topological polar surface area (TPSA) is 76.6 Å². The third-order valence-corrected chi connectivity index (χ3v) is 5.74. The first-order chi connectivity index (χ1) is 14.6. The maximum absolute atomic E-state index is 10.1. The Kier molecular flexibility index (Phi) is 6.12. The number of benzene rings is 3. The van der Waals surface area contributed by atoms with E-state index in [-0.39, 0.29) is 17.6 Å². The molecule has 1 fully saturated rings. The highest BCUT2D eigenvalue weighted by molar-refractivity contribution is 5.94. The fraction of sp³-hybridized carbons (Fsp3) is 0.240. The van der Waals surface area contributed by atoms with E-state index in [4.69, 9.17) is 11.1 Å². The van der Waals surface area contributed by atoms with Gasteiger partial charge in [0.15, 0.2) is 0 Å². The van der Waals surface area contributed by atoms with Crippen LogP contribution in [0, 0.1) is 5.41 Å². The van der Waals surface area contributed by atoms with Gasteiger partial charge in [-0.05, 0) is 28.8 Å². The van der Waals surface area contributed by atoms with Crippen LogP contribution in [-0.2, 0) is 6.54 Å². The average Bonchev–Trinajstić information content (AvgIpc) is 2.76. The highest BCUT2D eigenvalue weighted by atomic mass is 16.3. The number of amidine groups is 1. The van der Waals surface area contributed by atoms with Crippen LogP contribution in [0.2, 0.25) is 0 Å². The summed E-state index contributed by atoms with van der Waals surface area (Å²) < 4.78 is 0. The fourth-order valence-electron chi connectivity index (χ4n) is 4.18. The molecule has 0 bridgehead atoms. The smallest absolute Gasteiger partial charge is 0.122 e. The van der Waals surface area contributed by atoms with E-state index in [0.717, 1.165) is 49.4 Å². The molecule has 1 aliphatic rings. The molecule has 5 heteroatoms. The van der Waals surface area contributed by atoms with E-state index in [9.17, 15) is 5.11 Å². The van der Waals surface area contributed by atoms with E-state index >= 15 is 0 Å². The first-order valence-corrected chi connectivity index (χ1v) is 10.3. The maximum Gasteiger partial charge on any atom is 0.122 e. The molecule has 1 atom stereocenters. The Labute approximate surface area is 177 Å². The summed E-state index contributed by atoms with van der Waals surface area (Å²) in [5, 5.41) is 17.7. The van der Waals surface area contributed by atoms with Crippen molar-refractivity contribution in [2.45, 2.75) is 12.6 Å². The molecule has 0 aromatic heterocycles. The number of hydrogen-bond acceptors (Lipinski definition) is 4. The monoisotopic (exact) mass is 400 g/mol. The van der Waals surface area contributed by atoms with Crippen LogP contribution < -0.4 is 5.73 Å². The van der Waals surface area contributed by atoms with Gasteiger partial charge in [0.2, 0.25) is 0 Å². The molecule has 1 aliphatic heterocycles. The number of aromatic hydroxyl groups is 1. The summed E-state index contributed by atoms with van der Waals surface area (Å²) in [4.78, 5) is 4.96. The molecule has 0 saturated carbocycles. The third-order valence-electron chi connectivity index (χ3n) is 5.74. The number of phenols is 1. The van der Waals surface area contributed by atoms with Crippen LogP contribution in [0.3, 0.4) is 0 Å². The Bertz CT molecular complexity index is 980. The Morgan fingerprint density at radius 2 is 1.57 bits per heavy atom. The van der Waals surface area contributed by atoms with Gasteiger partial charge in [-0.2, -0.15) is 0 Å². The molecule has 4 rings (SSSR count). The van der Waals surface area contributed by atoms with Gasteiger partial charge in [0.25, 0.3) is 0 Å². The summed E-state index contributed by atoms with van der Waals surface area (Å²) in [6, 6.07) is 26.1. The van der Waals surface area contributed by atoms with E-state index in [0.29, 0.717) is 0 Å². The zero-order valence-corrected chi connectivity index (χ0v) is 17.0. The predicted octanol–water partition coefficient (Wildman–Crippen LogP) is 3.58. The van der Waals surface area contributed by atoms with Crippen molar-refractivity contribution in [3.8, 4) is 5.75 Å². The van der Waals surface area contributed by atoms with Gasteiger partial charge >= 0.3 is 0 Å². The average molecular weight is 401 g/mol. The second-order valence-electron chi connectivity index (χ2n) is 7.83. The second-order valence-corrected chi connectivity index (χ2v) is 7.83. The Hall–Kier alpha value is -3.15. The van der Waals surface area contributed by atoms with Crippen molar-refractivity contribution in [1.82, 2.24) is 9.80 Å². The van der Waals surface area contributed by atoms with Crippen LogP contribution in [0.4, 0.5) is 0 Å². The standard InChI is InChI=1S/C25H28N4O/c26-25(27)21-11-9-20(10-12-21)24(22-7-4-8-23(30)17-22)29-15-13-28(14-16-29)18-19-5-2-1-3-6-19/h1-12,17,24,30H,13-16,18H2,(H3,26,27). The highest BCUT2D eigenvalue weighted by Crippen LogP contribution is 2.31. The van der Waals surface area contributed by atoms with E-state index in [1.807, 2.05) is 36.4 Å². The first-order valence-electron chi connectivity index (χ1n) is 10.3. The fourth-order valence-corrected chi connectivity index (χ4v) is 4.18. The minimum atomic E-state index is 0.0528. The SMILES string of the molecule is N=C(N)c1ccc(C(c2cccc(O)c2)N2CCN(Cc3ccccc3)CC2)cc1. The zero-order chi connectivity index (χ0) is 20.9. The lowest BCUT2D eigenvalue weighted by Gasteiger charge is -2.40. The summed E-state index contributed by atoms with van der Waals surface area (Å²) in [5.41, 5.74) is 9.90. The number of phenolic OH excluding ortho intramolecular Hbond substituents is 1. The lowest BCUT2D eigenvalue weighted by Crippen LogP contribution is -2.47. The normalized spacial score (nSPS) is 16.3. The van der Waals surface area contributed by atoms with Crippen LogP contribution in [-0.4, -0.2) is 46.9 Å². The van der Waals surface area contributed by atoms with Gasteiger partial charge < -0.3 is 10.8 Å². The summed E-state index contributed by atoms with van der Waals surface area (Å²) in [6.45, 7) is 4.85. The third kappa shape index (κ3) is 4.70. The van der Waals surface area contributed by atoms with Crippen molar-refractivity contribution in [3.63, 3.8) is 0 Å². The lowest BCUT2D eigenvalue weighted by atomic mass is 9.95. The number of rotatable bonds is 6. The van der Waals surface area contributed by atoms with Gasteiger partial charge in [0.1, 0.15) is 11.6 Å². The van der Waals surface area contributed by atoms with Crippen LogP contribution >= 0.6 is 0 Å². The molecule has 0 aliphatic carbocycles. The van der Waals surface area contributed by atoms with Gasteiger partial charge in [-0.25, -0.2) is 0 Å². The molecule has 1 saturated heterocycles. The number of nitrogens with one attached hydrogen (secondary N) is 1. The summed E-state index contributed by atoms with van der Waals surface area (Å²) in [5.74, 6) is 0.352. The van der Waals surface area contributed by atoms with Gasteiger partial charge in [-0.1, -0.05) is 66.7 Å². The van der Waals surface area contributed by atoms with Crippen molar-refractivity contribution in [2.75, 3.05) is 26.2 Å². The zero-order valence-electron chi connectivity index (χ0n) is 17.0. The molecule has 0 radical (unpaired) electrons. The molecule has 1 unspecified atom stereocenters. The lowest BCUT2D eigenvalue weighted by molar-refractivity contribution is 0.105. The Balaban J connectivity index is 1.54. The predicted molar refractivity (Wildman–Crippen MR) is 121 cm³/mol. The number of nitrogens with zero attached hydrogens (tertiary/aromatic N) is 2. The van der Waals surface area contributed by atoms with Crippen molar-refractivity contribution in [1.29, 1.82) is 5.41 Å². The number of piperazine rings is 1. The van der Waals surface area contributed by atoms with Crippen LogP contribution in [0.5, 0.6) is 5.75 Å². The summed E-state index contributed by atoms with van der Waals surface area (Å²) in [6.07, 6.45) is 0. The van der Waals surface area contributed by atoms with Crippen molar-refractivity contribution in [2.24, 2.45) is 5.73 Å². The van der Waals surface area contributed by atoms with Crippen LogP contribution in [0.1, 0.15) is 28.3 Å². The molecule has 3 aromatic rings. The molecule has 30 heavy (non-hydrogen) atoms. The number of hydrogen-bond donors (Lipinski definition) is 3. The molecule has 154 valence electrons. The summed E-state index contributed by atoms with van der Waals surface area (Å²) in [7, 11) is 0. The van der Waals surface area contributed by atoms with Crippen LogP contribution in [0.25, 0.3) is 0 Å². The minimum Gasteiger partial charge on any atom is -0.508 e. The van der Waals surface area contributed by atoms with Crippen molar-refractivity contribution in [3.05, 3.63) is 101 Å². The van der Waals surface area contributed by atoms with Crippen molar-refractivity contribution >= 4 is 5.84 Å². The minimum absolute atomic E-state index is 0.0528. The van der Waals surface area contributed by atoms with Gasteiger partial charge in [0, 0.05) is 38.3 Å². The molecule has 4 N–H and O–H groups in total. The quantitative estimate of drug-likeness (QED) is 0.437. The van der Waals surface area contributed by atoms with Gasteiger partial charge in [0.05, 0.1) is 6.04 Å². The van der Waals surface area contributed by atoms with E-state index in [2.05, 4.69) is 46.2 Å². The molecule has 3 aromatic carbocycles. The first kappa shape index (κ1) is 20.1. The number of nitrogens with two attached hydrogens (primary N) is 1. The van der Waals surface area contributed by atoms with Crippen LogP contribution in [0.15, 0.2) is 78.9 Å². The Morgan fingerprint density at radius 1 is 0.867 bits per heavy atom.